The van der Waals surface area contributed by atoms with Crippen LogP contribution in [0.25, 0.3) is 0 Å². The number of hydrogen-bond donors (Lipinski definition) is 2. The third-order valence-corrected chi connectivity index (χ3v) is 3.12. The molecule has 1 aromatic heterocycles. The molecular weight excluding hydrogens is 240 g/mol. The zero-order chi connectivity index (χ0) is 12.3. The Kier molecular flexibility index (Phi) is 3.91. The molecule has 2 unspecified atom stereocenters. The lowest BCUT2D eigenvalue weighted by atomic mass is 9.92. The first-order valence-corrected chi connectivity index (χ1v) is 6.07. The molecule has 1 saturated heterocycles. The van der Waals surface area contributed by atoms with Crippen LogP contribution in [0.15, 0.2) is 12.3 Å². The highest BCUT2D eigenvalue weighted by Crippen LogP contribution is 2.16. The van der Waals surface area contributed by atoms with E-state index in [2.05, 4.69) is 27.5 Å². The van der Waals surface area contributed by atoms with E-state index in [-0.39, 0.29) is 17.9 Å². The van der Waals surface area contributed by atoms with Crippen molar-refractivity contribution >= 4 is 23.5 Å². The highest BCUT2D eigenvalue weighted by molar-refractivity contribution is 6.29. The van der Waals surface area contributed by atoms with Crippen LogP contribution in [0.3, 0.4) is 0 Å². The predicted molar refractivity (Wildman–Crippen MR) is 65.9 cm³/mol. The van der Waals surface area contributed by atoms with E-state index >= 15 is 0 Å². The van der Waals surface area contributed by atoms with Crippen molar-refractivity contribution in [1.82, 2.24) is 15.3 Å². The van der Waals surface area contributed by atoms with Crippen molar-refractivity contribution in [3.63, 3.8) is 0 Å². The zero-order valence-corrected chi connectivity index (χ0v) is 10.4. The highest BCUT2D eigenvalue weighted by atomic mass is 35.5. The van der Waals surface area contributed by atoms with E-state index in [0.717, 1.165) is 19.4 Å². The van der Waals surface area contributed by atoms with Crippen LogP contribution in [0.5, 0.6) is 0 Å². The third-order valence-electron chi connectivity index (χ3n) is 2.91. The minimum Gasteiger partial charge on any atom is -0.306 e. The van der Waals surface area contributed by atoms with Gasteiger partial charge in [-0.15, -0.1) is 0 Å². The number of carbonyl (C=O) groups excluding carboxylic acids is 1. The van der Waals surface area contributed by atoms with Gasteiger partial charge in [0.05, 0.1) is 6.04 Å². The molecule has 2 atom stereocenters. The molecule has 0 bridgehead atoms. The summed E-state index contributed by atoms with van der Waals surface area (Å²) in [5, 5.41) is 6.20. The minimum absolute atomic E-state index is 0.0977. The predicted octanol–water partition coefficient (Wildman–Crippen LogP) is 1.46. The fourth-order valence-electron chi connectivity index (χ4n) is 1.99. The Hall–Kier alpha value is -1.20. The van der Waals surface area contributed by atoms with Crippen molar-refractivity contribution in [3.05, 3.63) is 17.4 Å². The van der Waals surface area contributed by atoms with Crippen molar-refractivity contribution in [3.8, 4) is 0 Å². The van der Waals surface area contributed by atoms with E-state index in [4.69, 9.17) is 11.6 Å². The van der Waals surface area contributed by atoms with Crippen LogP contribution in [0.4, 0.5) is 5.95 Å². The van der Waals surface area contributed by atoms with Crippen LogP contribution in [0.1, 0.15) is 19.8 Å². The van der Waals surface area contributed by atoms with Crippen molar-refractivity contribution in [2.24, 2.45) is 5.92 Å². The second-order valence-corrected chi connectivity index (χ2v) is 4.63. The zero-order valence-electron chi connectivity index (χ0n) is 9.61. The van der Waals surface area contributed by atoms with Gasteiger partial charge >= 0.3 is 0 Å². The van der Waals surface area contributed by atoms with Crippen LogP contribution in [-0.4, -0.2) is 28.5 Å². The fourth-order valence-corrected chi connectivity index (χ4v) is 2.12. The van der Waals surface area contributed by atoms with Gasteiger partial charge < -0.3 is 5.32 Å². The molecule has 2 rings (SSSR count). The first-order valence-electron chi connectivity index (χ1n) is 5.69. The molecule has 1 amide bonds. The van der Waals surface area contributed by atoms with Gasteiger partial charge in [0.1, 0.15) is 5.15 Å². The summed E-state index contributed by atoms with van der Waals surface area (Å²) < 4.78 is 0. The maximum atomic E-state index is 12.0. The molecule has 0 aliphatic carbocycles. The summed E-state index contributed by atoms with van der Waals surface area (Å²) in [6.45, 7) is 2.94. The largest absolute Gasteiger partial charge is 0.306 e. The lowest BCUT2D eigenvalue weighted by molar-refractivity contribution is -0.119. The summed E-state index contributed by atoms with van der Waals surface area (Å²) in [6.07, 6.45) is 3.68. The average molecular weight is 255 g/mol. The molecule has 2 N–H and O–H groups in total. The van der Waals surface area contributed by atoms with Crippen LogP contribution in [-0.2, 0) is 4.79 Å². The number of halogens is 1. The van der Waals surface area contributed by atoms with E-state index < -0.39 is 0 Å². The minimum atomic E-state index is -0.175. The molecule has 0 spiro atoms. The maximum Gasteiger partial charge on any atom is 0.244 e. The highest BCUT2D eigenvalue weighted by Gasteiger charge is 2.27. The monoisotopic (exact) mass is 254 g/mol. The van der Waals surface area contributed by atoms with Gasteiger partial charge in [0, 0.05) is 6.20 Å². The summed E-state index contributed by atoms with van der Waals surface area (Å²) in [7, 11) is 0. The molecule has 2 heterocycles. The van der Waals surface area contributed by atoms with E-state index in [1.807, 2.05) is 0 Å². The lowest BCUT2D eigenvalue weighted by Crippen LogP contribution is -2.48. The molecular formula is C11H15ClN4O. The van der Waals surface area contributed by atoms with Crippen LogP contribution in [0.2, 0.25) is 5.15 Å². The standard InChI is InChI=1S/C11H15ClN4O/c1-7-3-2-5-13-9(7)10(17)16-11-14-6-4-8(12)15-11/h4,6-7,9,13H,2-3,5H2,1H3,(H,14,15,16,17). The Morgan fingerprint density at radius 1 is 1.65 bits per heavy atom. The molecule has 92 valence electrons. The molecule has 17 heavy (non-hydrogen) atoms. The number of piperidine rings is 1. The second-order valence-electron chi connectivity index (χ2n) is 4.24. The van der Waals surface area contributed by atoms with Crippen molar-refractivity contribution in [2.75, 3.05) is 11.9 Å². The van der Waals surface area contributed by atoms with Gasteiger partial charge in [0.2, 0.25) is 11.9 Å². The molecule has 1 aromatic rings. The van der Waals surface area contributed by atoms with Gasteiger partial charge in [-0.05, 0) is 31.4 Å². The number of carbonyl (C=O) groups is 1. The number of aromatic nitrogens is 2. The number of amides is 1. The number of nitrogens with one attached hydrogen (secondary N) is 2. The Balaban J connectivity index is 2.01. The Morgan fingerprint density at radius 2 is 2.47 bits per heavy atom. The number of anilines is 1. The lowest BCUT2D eigenvalue weighted by Gasteiger charge is -2.28. The Morgan fingerprint density at radius 3 is 3.18 bits per heavy atom. The van der Waals surface area contributed by atoms with Crippen molar-refractivity contribution in [2.45, 2.75) is 25.8 Å². The molecule has 1 aliphatic heterocycles. The van der Waals surface area contributed by atoms with E-state index in [0.29, 0.717) is 11.1 Å². The molecule has 5 nitrogen and oxygen atoms in total. The van der Waals surface area contributed by atoms with Gasteiger partial charge in [0.25, 0.3) is 0 Å². The SMILES string of the molecule is CC1CCCNC1C(=O)Nc1nccc(Cl)n1. The van der Waals surface area contributed by atoms with Crippen LogP contribution < -0.4 is 10.6 Å². The topological polar surface area (TPSA) is 66.9 Å². The van der Waals surface area contributed by atoms with Crippen LogP contribution >= 0.6 is 11.6 Å². The first-order chi connectivity index (χ1) is 8.16. The average Bonchev–Trinajstić information content (AvgIpc) is 2.29. The molecule has 6 heteroatoms. The quantitative estimate of drug-likeness (QED) is 0.784. The van der Waals surface area contributed by atoms with Gasteiger partial charge in [-0.25, -0.2) is 9.97 Å². The molecule has 0 radical (unpaired) electrons. The summed E-state index contributed by atoms with van der Waals surface area (Å²) in [5.41, 5.74) is 0. The summed E-state index contributed by atoms with van der Waals surface area (Å²) in [6, 6.07) is 1.39. The summed E-state index contributed by atoms with van der Waals surface area (Å²) in [4.78, 5) is 19.9. The molecule has 1 aliphatic rings. The van der Waals surface area contributed by atoms with E-state index in [9.17, 15) is 4.79 Å². The first kappa shape index (κ1) is 12.3. The molecule has 0 aromatic carbocycles. The maximum absolute atomic E-state index is 12.0. The Bertz CT molecular complexity index is 412. The summed E-state index contributed by atoms with van der Waals surface area (Å²) in [5.74, 6) is 0.476. The molecule has 1 fully saturated rings. The van der Waals surface area contributed by atoms with E-state index in [1.54, 1.807) is 6.07 Å². The Labute approximate surface area is 105 Å². The third kappa shape index (κ3) is 3.14. The van der Waals surface area contributed by atoms with Gasteiger partial charge in [0.15, 0.2) is 0 Å². The van der Waals surface area contributed by atoms with Crippen molar-refractivity contribution < 1.29 is 4.79 Å². The fraction of sp³-hybridized carbons (Fsp3) is 0.545. The van der Waals surface area contributed by atoms with Crippen molar-refractivity contribution in [1.29, 1.82) is 0 Å². The normalized spacial score (nSPS) is 24.4. The van der Waals surface area contributed by atoms with E-state index in [1.165, 1.54) is 6.20 Å². The number of nitrogens with zero attached hydrogens (tertiary/aromatic N) is 2. The summed E-state index contributed by atoms with van der Waals surface area (Å²) >= 11 is 5.72. The van der Waals surface area contributed by atoms with Gasteiger partial charge in [-0.3, -0.25) is 10.1 Å². The van der Waals surface area contributed by atoms with Gasteiger partial charge in [-0.2, -0.15) is 0 Å². The van der Waals surface area contributed by atoms with Gasteiger partial charge in [-0.1, -0.05) is 18.5 Å². The second kappa shape index (κ2) is 5.42. The molecule has 0 saturated carbocycles. The number of rotatable bonds is 2. The van der Waals surface area contributed by atoms with Crippen LogP contribution in [0, 0.1) is 5.92 Å². The smallest absolute Gasteiger partial charge is 0.244 e. The number of hydrogen-bond acceptors (Lipinski definition) is 4.